The van der Waals surface area contributed by atoms with Crippen LogP contribution in [-0.2, 0) is 4.79 Å². The van der Waals surface area contributed by atoms with Gasteiger partial charge < -0.3 is 4.90 Å². The monoisotopic (exact) mass is 265 g/mol. The van der Waals surface area contributed by atoms with Crippen LogP contribution in [-0.4, -0.2) is 29.3 Å². The van der Waals surface area contributed by atoms with Crippen LogP contribution < -0.4 is 0 Å². The fourth-order valence-corrected chi connectivity index (χ4v) is 2.91. The predicted molar refractivity (Wildman–Crippen MR) is 74.9 cm³/mol. The number of nitrogens with zero attached hydrogens (tertiary/aromatic N) is 1. The van der Waals surface area contributed by atoms with Crippen molar-refractivity contribution in [3.05, 3.63) is 35.9 Å². The van der Waals surface area contributed by atoms with Crippen LogP contribution in [0, 0.1) is 0 Å². The second-order valence-electron chi connectivity index (χ2n) is 4.90. The zero-order valence-corrected chi connectivity index (χ0v) is 11.6. The fourth-order valence-electron chi connectivity index (χ4n) is 2.58. The van der Waals surface area contributed by atoms with Gasteiger partial charge in [-0.2, -0.15) is 0 Å². The highest BCUT2D eigenvalue weighted by Gasteiger charge is 2.27. The lowest BCUT2D eigenvalue weighted by Crippen LogP contribution is -2.42. The van der Waals surface area contributed by atoms with Gasteiger partial charge in [-0.15, -0.1) is 11.6 Å². The van der Waals surface area contributed by atoms with Crippen molar-refractivity contribution < 1.29 is 4.79 Å². The first-order valence-electron chi connectivity index (χ1n) is 6.70. The molecular weight excluding hydrogens is 246 g/mol. The molecule has 1 aliphatic heterocycles. The third-order valence-corrected chi connectivity index (χ3v) is 3.94. The van der Waals surface area contributed by atoms with Gasteiger partial charge in [-0.3, -0.25) is 4.79 Å². The van der Waals surface area contributed by atoms with Crippen molar-refractivity contribution in [1.82, 2.24) is 4.90 Å². The molecule has 98 valence electrons. The van der Waals surface area contributed by atoms with Gasteiger partial charge in [0.05, 0.1) is 11.3 Å². The van der Waals surface area contributed by atoms with Gasteiger partial charge in [0, 0.05) is 13.1 Å². The number of hydrogen-bond acceptors (Lipinski definition) is 1. The lowest BCUT2D eigenvalue weighted by atomic mass is 9.94. The molecule has 2 atom stereocenters. The summed E-state index contributed by atoms with van der Waals surface area (Å²) >= 11 is 6.16. The first kappa shape index (κ1) is 13.4. The smallest absolute Gasteiger partial charge is 0.230 e. The molecule has 2 unspecified atom stereocenters. The van der Waals surface area contributed by atoms with E-state index in [1.807, 2.05) is 35.2 Å². The Hall–Kier alpha value is -1.02. The molecule has 0 bridgehead atoms. The summed E-state index contributed by atoms with van der Waals surface area (Å²) in [5.41, 5.74) is 1.11. The quantitative estimate of drug-likeness (QED) is 0.767. The maximum atomic E-state index is 12.5. The van der Waals surface area contributed by atoms with Gasteiger partial charge in [-0.05, 0) is 24.8 Å². The van der Waals surface area contributed by atoms with Crippen LogP contribution in [0.5, 0.6) is 0 Å². The molecule has 1 fully saturated rings. The highest BCUT2D eigenvalue weighted by atomic mass is 35.5. The van der Waals surface area contributed by atoms with Crippen LogP contribution in [0.1, 0.15) is 37.7 Å². The van der Waals surface area contributed by atoms with E-state index >= 15 is 0 Å². The molecule has 0 saturated carbocycles. The van der Waals surface area contributed by atoms with Crippen LogP contribution >= 0.6 is 11.6 Å². The van der Waals surface area contributed by atoms with Crippen molar-refractivity contribution in [1.29, 1.82) is 0 Å². The third kappa shape index (κ3) is 3.05. The fraction of sp³-hybridized carbons (Fsp3) is 0.533. The number of benzene rings is 1. The standard InChI is InChI=1S/C15H20ClNO/c1-2-14(12-7-4-3-5-8-12)15(18)17-10-6-9-13(16)11-17/h3-5,7-8,13-14H,2,6,9-11H2,1H3. The molecule has 1 amide bonds. The summed E-state index contributed by atoms with van der Waals surface area (Å²) in [6.45, 7) is 3.62. The van der Waals surface area contributed by atoms with Gasteiger partial charge in [-0.1, -0.05) is 37.3 Å². The van der Waals surface area contributed by atoms with Crippen molar-refractivity contribution in [3.63, 3.8) is 0 Å². The normalized spacial score (nSPS) is 21.7. The number of likely N-dealkylation sites (tertiary alicyclic amines) is 1. The Morgan fingerprint density at radius 2 is 2.17 bits per heavy atom. The number of halogens is 1. The van der Waals surface area contributed by atoms with E-state index in [4.69, 9.17) is 11.6 Å². The molecule has 3 heteroatoms. The van der Waals surface area contributed by atoms with E-state index < -0.39 is 0 Å². The predicted octanol–water partition coefficient (Wildman–Crippen LogP) is 3.41. The van der Waals surface area contributed by atoms with Crippen LogP contribution in [0.15, 0.2) is 30.3 Å². The maximum Gasteiger partial charge on any atom is 0.230 e. The molecule has 0 spiro atoms. The summed E-state index contributed by atoms with van der Waals surface area (Å²) in [6.07, 6.45) is 2.88. The molecule has 1 aromatic carbocycles. The number of rotatable bonds is 3. The number of alkyl halides is 1. The zero-order valence-electron chi connectivity index (χ0n) is 10.8. The Morgan fingerprint density at radius 1 is 1.44 bits per heavy atom. The van der Waals surface area contributed by atoms with Crippen LogP contribution in [0.4, 0.5) is 0 Å². The van der Waals surface area contributed by atoms with Crippen molar-refractivity contribution in [2.75, 3.05) is 13.1 Å². The number of hydrogen-bond donors (Lipinski definition) is 0. The van der Waals surface area contributed by atoms with E-state index in [0.717, 1.165) is 31.4 Å². The molecular formula is C15H20ClNO. The van der Waals surface area contributed by atoms with E-state index in [1.54, 1.807) is 0 Å². The second kappa shape index (κ2) is 6.24. The maximum absolute atomic E-state index is 12.5. The summed E-state index contributed by atoms with van der Waals surface area (Å²) in [7, 11) is 0. The molecule has 0 N–H and O–H groups in total. The van der Waals surface area contributed by atoms with E-state index in [0.29, 0.717) is 6.54 Å². The second-order valence-corrected chi connectivity index (χ2v) is 5.51. The Labute approximate surface area is 114 Å². The summed E-state index contributed by atoms with van der Waals surface area (Å²) in [5.74, 6) is 0.210. The number of amides is 1. The largest absolute Gasteiger partial charge is 0.341 e. The summed E-state index contributed by atoms with van der Waals surface area (Å²) in [5, 5.41) is 0.121. The van der Waals surface area contributed by atoms with Crippen molar-refractivity contribution in [3.8, 4) is 0 Å². The lowest BCUT2D eigenvalue weighted by Gasteiger charge is -2.32. The van der Waals surface area contributed by atoms with E-state index in [2.05, 4.69) is 6.92 Å². The van der Waals surface area contributed by atoms with Crippen molar-refractivity contribution in [2.45, 2.75) is 37.5 Å². The molecule has 1 aromatic rings. The molecule has 0 aromatic heterocycles. The SMILES string of the molecule is CCC(C(=O)N1CCCC(Cl)C1)c1ccccc1. The summed E-state index contributed by atoms with van der Waals surface area (Å²) < 4.78 is 0. The molecule has 18 heavy (non-hydrogen) atoms. The molecule has 1 aliphatic rings. The van der Waals surface area contributed by atoms with Crippen LogP contribution in [0.25, 0.3) is 0 Å². The van der Waals surface area contributed by atoms with Gasteiger partial charge in [0.15, 0.2) is 0 Å². The number of piperidine rings is 1. The Balaban J connectivity index is 2.10. The van der Waals surface area contributed by atoms with Crippen LogP contribution in [0.2, 0.25) is 0 Å². The zero-order chi connectivity index (χ0) is 13.0. The van der Waals surface area contributed by atoms with Gasteiger partial charge in [0.1, 0.15) is 0 Å². The van der Waals surface area contributed by atoms with Crippen LogP contribution in [0.3, 0.4) is 0 Å². The molecule has 1 heterocycles. The minimum Gasteiger partial charge on any atom is -0.341 e. The van der Waals surface area contributed by atoms with Gasteiger partial charge in [0.2, 0.25) is 5.91 Å². The lowest BCUT2D eigenvalue weighted by molar-refractivity contribution is -0.133. The van der Waals surface area contributed by atoms with Crippen molar-refractivity contribution in [2.24, 2.45) is 0 Å². The van der Waals surface area contributed by atoms with E-state index in [9.17, 15) is 4.79 Å². The third-order valence-electron chi connectivity index (χ3n) is 3.58. The Morgan fingerprint density at radius 3 is 2.78 bits per heavy atom. The summed E-state index contributed by atoms with van der Waals surface area (Å²) in [4.78, 5) is 14.5. The molecule has 2 nitrogen and oxygen atoms in total. The number of carbonyl (C=O) groups excluding carboxylic acids is 1. The topological polar surface area (TPSA) is 20.3 Å². The average molecular weight is 266 g/mol. The van der Waals surface area contributed by atoms with E-state index in [1.165, 1.54) is 0 Å². The van der Waals surface area contributed by atoms with E-state index in [-0.39, 0.29) is 17.2 Å². The molecule has 1 saturated heterocycles. The Kier molecular flexibility index (Phi) is 4.65. The molecule has 0 aliphatic carbocycles. The van der Waals surface area contributed by atoms with Gasteiger partial charge in [0.25, 0.3) is 0 Å². The minimum atomic E-state index is -0.0202. The number of carbonyl (C=O) groups is 1. The molecule has 2 rings (SSSR count). The van der Waals surface area contributed by atoms with Crippen molar-refractivity contribution >= 4 is 17.5 Å². The summed E-state index contributed by atoms with van der Waals surface area (Å²) in [6, 6.07) is 10.0. The minimum absolute atomic E-state index is 0.0202. The highest BCUT2D eigenvalue weighted by Crippen LogP contribution is 2.25. The van der Waals surface area contributed by atoms with Gasteiger partial charge in [-0.25, -0.2) is 0 Å². The first-order valence-corrected chi connectivity index (χ1v) is 7.13. The van der Waals surface area contributed by atoms with Gasteiger partial charge >= 0.3 is 0 Å². The average Bonchev–Trinajstić information content (AvgIpc) is 2.41. The highest BCUT2D eigenvalue weighted by molar-refractivity contribution is 6.20. The molecule has 0 radical (unpaired) electrons. The Bertz CT molecular complexity index is 393. The first-order chi connectivity index (χ1) is 8.72.